The third kappa shape index (κ3) is 1.84. The molecule has 1 aromatic heterocycles. The van der Waals surface area contributed by atoms with Crippen LogP contribution in [0.15, 0.2) is 21.9 Å². The highest BCUT2D eigenvalue weighted by atomic mass is 16.4. The summed E-state index contributed by atoms with van der Waals surface area (Å²) in [6.45, 7) is 1.35. The Labute approximate surface area is 72.5 Å². The van der Waals surface area contributed by atoms with E-state index in [9.17, 15) is 14.4 Å². The van der Waals surface area contributed by atoms with Gasteiger partial charge < -0.3 is 5.11 Å². The molecule has 1 heterocycles. The minimum Gasteiger partial charge on any atom is -0.480 e. The number of aromatic amines is 1. The highest BCUT2D eigenvalue weighted by Crippen LogP contribution is 1.98. The van der Waals surface area contributed by atoms with Crippen molar-refractivity contribution in [2.45, 2.75) is 13.0 Å². The molecule has 2 N–H and O–H groups in total. The summed E-state index contributed by atoms with van der Waals surface area (Å²) >= 11 is 0. The van der Waals surface area contributed by atoms with Gasteiger partial charge in [-0.2, -0.15) is 0 Å². The summed E-state index contributed by atoms with van der Waals surface area (Å²) in [6, 6.07) is 0.116. The van der Waals surface area contributed by atoms with Crippen molar-refractivity contribution >= 4 is 5.97 Å². The summed E-state index contributed by atoms with van der Waals surface area (Å²) < 4.78 is 0.934. The maximum atomic E-state index is 11.0. The summed E-state index contributed by atoms with van der Waals surface area (Å²) in [4.78, 5) is 34.1. The number of carboxylic acid groups (broad SMARTS) is 1. The lowest BCUT2D eigenvalue weighted by molar-refractivity contribution is -0.140. The average Bonchev–Trinajstić information content (AvgIpc) is 2.03. The summed E-state index contributed by atoms with van der Waals surface area (Å²) in [5, 5.41) is 8.58. The first-order chi connectivity index (χ1) is 6.02. The van der Waals surface area contributed by atoms with Crippen molar-refractivity contribution in [2.24, 2.45) is 0 Å². The van der Waals surface area contributed by atoms with Gasteiger partial charge >= 0.3 is 11.7 Å². The molecule has 0 aliphatic heterocycles. The van der Waals surface area contributed by atoms with Gasteiger partial charge in [-0.05, 0) is 6.92 Å². The van der Waals surface area contributed by atoms with E-state index >= 15 is 0 Å². The molecule has 0 aromatic carbocycles. The predicted octanol–water partition coefficient (Wildman–Crippen LogP) is -0.818. The molecule has 0 aliphatic rings. The van der Waals surface area contributed by atoms with E-state index in [-0.39, 0.29) is 0 Å². The fourth-order valence-corrected chi connectivity index (χ4v) is 0.851. The quantitative estimate of drug-likeness (QED) is 0.628. The van der Waals surface area contributed by atoms with Crippen molar-refractivity contribution in [3.05, 3.63) is 33.1 Å². The molecule has 1 aromatic rings. The Morgan fingerprint density at radius 2 is 2.23 bits per heavy atom. The number of H-pyrrole nitrogens is 1. The molecule has 0 bridgehead atoms. The number of rotatable bonds is 2. The van der Waals surface area contributed by atoms with Crippen LogP contribution in [-0.2, 0) is 4.79 Å². The van der Waals surface area contributed by atoms with Gasteiger partial charge in [-0.3, -0.25) is 14.3 Å². The molecule has 0 saturated carbocycles. The topological polar surface area (TPSA) is 92.2 Å². The van der Waals surface area contributed by atoms with Crippen LogP contribution in [0.3, 0.4) is 0 Å². The number of hydrogen-bond donors (Lipinski definition) is 2. The van der Waals surface area contributed by atoms with Gasteiger partial charge in [-0.25, -0.2) is 9.59 Å². The third-order valence-corrected chi connectivity index (χ3v) is 1.63. The van der Waals surface area contributed by atoms with Crippen LogP contribution >= 0.6 is 0 Å². The Kier molecular flexibility index (Phi) is 2.32. The Morgan fingerprint density at radius 3 is 2.69 bits per heavy atom. The van der Waals surface area contributed by atoms with Crippen LogP contribution in [0.5, 0.6) is 0 Å². The smallest absolute Gasteiger partial charge is 0.329 e. The van der Waals surface area contributed by atoms with Crippen LogP contribution in [0.2, 0.25) is 0 Å². The molecule has 0 aliphatic carbocycles. The Balaban J connectivity index is 3.24. The van der Waals surface area contributed by atoms with Crippen molar-refractivity contribution < 1.29 is 9.90 Å². The normalized spacial score (nSPS) is 12.4. The van der Waals surface area contributed by atoms with Gasteiger partial charge in [0, 0.05) is 12.3 Å². The number of carbonyl (C=O) groups is 1. The van der Waals surface area contributed by atoms with E-state index < -0.39 is 23.3 Å². The minimum atomic E-state index is -1.13. The standard InChI is InChI=1S/C7H8N2O4/c1-4(6(11)12)9-3-2-5(10)8-7(9)13/h2-4H,1H3,(H,11,12)(H,8,10,13)/t4-/m1/s1. The number of aliphatic carboxylic acids is 1. The monoisotopic (exact) mass is 184 g/mol. The average molecular weight is 184 g/mol. The summed E-state index contributed by atoms with van der Waals surface area (Å²) in [7, 11) is 0. The van der Waals surface area contributed by atoms with Gasteiger partial charge in [0.25, 0.3) is 5.56 Å². The molecule has 13 heavy (non-hydrogen) atoms. The zero-order chi connectivity index (χ0) is 10.0. The van der Waals surface area contributed by atoms with E-state index in [1.807, 2.05) is 4.98 Å². The maximum absolute atomic E-state index is 11.0. The molecule has 0 fully saturated rings. The van der Waals surface area contributed by atoms with E-state index in [0.29, 0.717) is 0 Å². The molecule has 6 nitrogen and oxygen atoms in total. The van der Waals surface area contributed by atoms with Gasteiger partial charge in [-0.1, -0.05) is 0 Å². The van der Waals surface area contributed by atoms with Crippen LogP contribution in [0, 0.1) is 0 Å². The van der Waals surface area contributed by atoms with Gasteiger partial charge in [0.2, 0.25) is 0 Å². The van der Waals surface area contributed by atoms with Crippen molar-refractivity contribution in [1.29, 1.82) is 0 Å². The lowest BCUT2D eigenvalue weighted by atomic mass is 10.3. The molecule has 0 amide bonds. The molecule has 1 rings (SSSR count). The Hall–Kier alpha value is -1.85. The van der Waals surface area contributed by atoms with Crippen molar-refractivity contribution in [3.63, 3.8) is 0 Å². The van der Waals surface area contributed by atoms with Gasteiger partial charge in [-0.15, -0.1) is 0 Å². The fraction of sp³-hybridized carbons (Fsp3) is 0.286. The van der Waals surface area contributed by atoms with E-state index in [4.69, 9.17) is 5.11 Å². The Bertz CT molecular complexity index is 431. The number of aromatic nitrogens is 2. The molecular formula is C7H8N2O4. The van der Waals surface area contributed by atoms with Gasteiger partial charge in [0.05, 0.1) is 0 Å². The summed E-state index contributed by atoms with van der Waals surface area (Å²) in [6.07, 6.45) is 1.15. The molecule has 0 unspecified atom stereocenters. The SMILES string of the molecule is C[C@H](C(=O)O)n1ccc(=O)[nH]c1=O. The van der Waals surface area contributed by atoms with Crippen LogP contribution < -0.4 is 11.2 Å². The minimum absolute atomic E-state index is 0.543. The lowest BCUT2D eigenvalue weighted by Crippen LogP contribution is -2.33. The summed E-state index contributed by atoms with van der Waals surface area (Å²) in [5.74, 6) is -1.13. The molecular weight excluding hydrogens is 176 g/mol. The van der Waals surface area contributed by atoms with Gasteiger partial charge in [0.15, 0.2) is 0 Å². The second-order valence-electron chi connectivity index (χ2n) is 2.53. The van der Waals surface area contributed by atoms with E-state index in [0.717, 1.165) is 16.8 Å². The first-order valence-electron chi connectivity index (χ1n) is 3.56. The van der Waals surface area contributed by atoms with E-state index in [1.54, 1.807) is 0 Å². The molecule has 0 radical (unpaired) electrons. The number of nitrogens with zero attached hydrogens (tertiary/aromatic N) is 1. The van der Waals surface area contributed by atoms with Crippen molar-refractivity contribution in [1.82, 2.24) is 9.55 Å². The van der Waals surface area contributed by atoms with Crippen LogP contribution in [0.25, 0.3) is 0 Å². The van der Waals surface area contributed by atoms with Gasteiger partial charge in [0.1, 0.15) is 6.04 Å². The van der Waals surface area contributed by atoms with Crippen molar-refractivity contribution in [2.75, 3.05) is 0 Å². The Morgan fingerprint density at radius 1 is 1.62 bits per heavy atom. The zero-order valence-electron chi connectivity index (χ0n) is 6.85. The molecule has 0 spiro atoms. The number of carboxylic acids is 1. The first kappa shape index (κ1) is 9.24. The predicted molar refractivity (Wildman–Crippen MR) is 43.7 cm³/mol. The highest BCUT2D eigenvalue weighted by Gasteiger charge is 2.13. The molecule has 0 saturated heterocycles. The lowest BCUT2D eigenvalue weighted by Gasteiger charge is -2.07. The summed E-state index contributed by atoms with van der Waals surface area (Å²) in [5.41, 5.74) is -1.26. The number of nitrogens with one attached hydrogen (secondary N) is 1. The maximum Gasteiger partial charge on any atom is 0.329 e. The zero-order valence-corrected chi connectivity index (χ0v) is 6.85. The largest absolute Gasteiger partial charge is 0.480 e. The molecule has 6 heteroatoms. The van der Waals surface area contributed by atoms with Crippen LogP contribution in [-0.4, -0.2) is 20.6 Å². The van der Waals surface area contributed by atoms with E-state index in [2.05, 4.69) is 0 Å². The molecule has 70 valence electrons. The first-order valence-corrected chi connectivity index (χ1v) is 3.56. The van der Waals surface area contributed by atoms with Crippen LogP contribution in [0.4, 0.5) is 0 Å². The fourth-order valence-electron chi connectivity index (χ4n) is 0.851. The molecule has 1 atom stereocenters. The van der Waals surface area contributed by atoms with Crippen molar-refractivity contribution in [3.8, 4) is 0 Å². The second kappa shape index (κ2) is 3.26. The number of hydrogen-bond acceptors (Lipinski definition) is 3. The van der Waals surface area contributed by atoms with Crippen LogP contribution in [0.1, 0.15) is 13.0 Å². The van der Waals surface area contributed by atoms with E-state index in [1.165, 1.54) is 6.92 Å². The second-order valence-corrected chi connectivity index (χ2v) is 2.53. The third-order valence-electron chi connectivity index (χ3n) is 1.63. The highest BCUT2D eigenvalue weighted by molar-refractivity contribution is 5.71.